The van der Waals surface area contributed by atoms with Gasteiger partial charge in [-0.3, -0.25) is 0 Å². The molecule has 0 amide bonds. The van der Waals surface area contributed by atoms with Crippen molar-refractivity contribution in [3.05, 3.63) is 106 Å². The summed E-state index contributed by atoms with van der Waals surface area (Å²) < 4.78 is 68.0. The topological polar surface area (TPSA) is 98.1 Å². The number of alkyl halides is 3. The van der Waals surface area contributed by atoms with Gasteiger partial charge in [0, 0.05) is 21.5 Å². The molecule has 0 saturated carbocycles. The third-order valence-electron chi connectivity index (χ3n) is 7.84. The van der Waals surface area contributed by atoms with E-state index in [9.17, 15) is 32.5 Å². The molecule has 6 nitrogen and oxygen atoms in total. The lowest BCUT2D eigenvalue weighted by Gasteiger charge is -2.09. The van der Waals surface area contributed by atoms with Crippen LogP contribution in [0.4, 0.5) is 22.0 Å². The fraction of sp³-hybridized carbons (Fsp3) is 0.0588. The van der Waals surface area contributed by atoms with E-state index in [4.69, 9.17) is 9.97 Å². The Bertz CT molecular complexity index is 2600. The molecule has 216 valence electrons. The van der Waals surface area contributed by atoms with Gasteiger partial charge in [-0.15, -0.1) is 0 Å². The number of aromatic nitrogens is 2. The summed E-state index contributed by atoms with van der Waals surface area (Å²) >= 11 is 0. The lowest BCUT2D eigenvalue weighted by Crippen LogP contribution is -2.07. The SMILES string of the molecule is Cc1ccc(-c2ccc3c(c2)c(=NC#N)c2nc4c(nc23)c(=NC#N)c2cc(-c3ccc(C(F)(F)F)c(F)c3)ccc24)cc1F. The number of fused-ring (bicyclic) bond motifs is 6. The summed E-state index contributed by atoms with van der Waals surface area (Å²) in [6, 6.07) is 17.8. The van der Waals surface area contributed by atoms with E-state index in [0.29, 0.717) is 66.4 Å². The zero-order valence-electron chi connectivity index (χ0n) is 23.0. The maximum Gasteiger partial charge on any atom is 0.419 e. The van der Waals surface area contributed by atoms with E-state index in [-0.39, 0.29) is 27.6 Å². The normalized spacial score (nSPS) is 12.9. The van der Waals surface area contributed by atoms with Crippen molar-refractivity contribution in [1.29, 1.82) is 10.5 Å². The number of nitriles is 2. The number of halogens is 5. The Balaban J connectivity index is 1.48. The van der Waals surface area contributed by atoms with Gasteiger partial charge in [0.25, 0.3) is 0 Å². The Hall–Kier alpha value is -6.07. The summed E-state index contributed by atoms with van der Waals surface area (Å²) in [5.41, 5.74) is 2.44. The molecule has 0 unspecified atom stereocenters. The fourth-order valence-corrected chi connectivity index (χ4v) is 5.67. The molecule has 0 bridgehead atoms. The fourth-order valence-electron chi connectivity index (χ4n) is 5.67. The molecule has 0 aliphatic carbocycles. The van der Waals surface area contributed by atoms with Crippen molar-refractivity contribution in [2.24, 2.45) is 9.98 Å². The standard InChI is InChI=1S/C34H15F5N6/c1-16-2-3-19(12-26(16)35)17-4-7-21-23(10-17)28(42-14-40)32-30(21)44-33-29(43-15-41)24-11-18(5-8-22(24)31(33)45-32)20-6-9-25(27(36)13-20)34(37,38)39/h2-13H,1H3. The molecule has 0 radical (unpaired) electrons. The highest BCUT2D eigenvalue weighted by Gasteiger charge is 2.34. The van der Waals surface area contributed by atoms with Gasteiger partial charge in [0.15, 0.2) is 0 Å². The average Bonchev–Trinajstić information content (AvgIpc) is 3.48. The number of aryl methyl sites for hydroxylation is 1. The minimum Gasteiger partial charge on any atom is -0.241 e. The Labute approximate surface area is 250 Å². The van der Waals surface area contributed by atoms with Crippen molar-refractivity contribution in [3.8, 4) is 34.6 Å². The molecule has 1 aromatic heterocycles. The van der Waals surface area contributed by atoms with Crippen LogP contribution in [-0.4, -0.2) is 9.97 Å². The van der Waals surface area contributed by atoms with Crippen LogP contribution in [0.3, 0.4) is 0 Å². The first kappa shape index (κ1) is 27.7. The monoisotopic (exact) mass is 602 g/mol. The molecule has 0 aliphatic rings. The molecule has 11 heteroatoms. The van der Waals surface area contributed by atoms with Crippen molar-refractivity contribution >= 4 is 43.6 Å². The van der Waals surface area contributed by atoms with Gasteiger partial charge in [-0.05, 0) is 65.1 Å². The average molecular weight is 603 g/mol. The lowest BCUT2D eigenvalue weighted by molar-refractivity contribution is -0.139. The van der Waals surface area contributed by atoms with Gasteiger partial charge in [0.1, 0.15) is 33.4 Å². The van der Waals surface area contributed by atoms with Crippen LogP contribution >= 0.6 is 0 Å². The van der Waals surface area contributed by atoms with Crippen LogP contribution in [0.15, 0.2) is 82.8 Å². The van der Waals surface area contributed by atoms with Crippen LogP contribution in [0.25, 0.3) is 65.9 Å². The highest BCUT2D eigenvalue weighted by atomic mass is 19.4. The smallest absolute Gasteiger partial charge is 0.241 e. The molecule has 0 N–H and O–H groups in total. The molecular formula is C34H15F5N6. The Kier molecular flexibility index (Phi) is 6.16. The predicted molar refractivity (Wildman–Crippen MR) is 157 cm³/mol. The first-order valence-corrected chi connectivity index (χ1v) is 13.4. The van der Waals surface area contributed by atoms with Crippen LogP contribution < -0.4 is 10.7 Å². The van der Waals surface area contributed by atoms with E-state index in [1.807, 2.05) is 6.19 Å². The van der Waals surface area contributed by atoms with Gasteiger partial charge in [-0.2, -0.15) is 33.7 Å². The van der Waals surface area contributed by atoms with Crippen molar-refractivity contribution in [3.63, 3.8) is 0 Å². The number of rotatable bonds is 2. The Morgan fingerprint density at radius 2 is 1.02 bits per heavy atom. The summed E-state index contributed by atoms with van der Waals surface area (Å²) in [6.07, 6.45) is -1.24. The number of nitrogens with zero attached hydrogens (tertiary/aromatic N) is 6. The maximum absolute atomic E-state index is 14.4. The van der Waals surface area contributed by atoms with Gasteiger partial charge >= 0.3 is 6.18 Å². The largest absolute Gasteiger partial charge is 0.419 e. The van der Waals surface area contributed by atoms with Gasteiger partial charge in [-0.1, -0.05) is 42.5 Å². The van der Waals surface area contributed by atoms with Crippen LogP contribution in [0.2, 0.25) is 0 Å². The molecule has 0 aliphatic heterocycles. The molecule has 7 rings (SSSR count). The van der Waals surface area contributed by atoms with E-state index in [1.54, 1.807) is 61.6 Å². The molecule has 0 saturated heterocycles. The summed E-state index contributed by atoms with van der Waals surface area (Å²) in [6.45, 7) is 1.67. The minimum atomic E-state index is -4.83. The third-order valence-corrected chi connectivity index (χ3v) is 7.84. The van der Waals surface area contributed by atoms with Crippen LogP contribution in [0, 0.1) is 41.5 Å². The number of hydrogen-bond donors (Lipinski definition) is 0. The second kappa shape index (κ2) is 10.00. The van der Waals surface area contributed by atoms with Crippen molar-refractivity contribution in [1.82, 2.24) is 9.97 Å². The van der Waals surface area contributed by atoms with Gasteiger partial charge < -0.3 is 0 Å². The second-order valence-electron chi connectivity index (χ2n) is 10.4. The molecule has 0 atom stereocenters. The number of hydrogen-bond acceptors (Lipinski definition) is 6. The van der Waals surface area contributed by atoms with Crippen molar-refractivity contribution < 1.29 is 22.0 Å². The molecule has 45 heavy (non-hydrogen) atoms. The highest BCUT2D eigenvalue weighted by molar-refractivity contribution is 6.15. The maximum atomic E-state index is 14.4. The molecule has 0 spiro atoms. The summed E-state index contributed by atoms with van der Waals surface area (Å²) in [5.74, 6) is -1.76. The van der Waals surface area contributed by atoms with E-state index in [2.05, 4.69) is 9.98 Å². The van der Waals surface area contributed by atoms with Crippen LogP contribution in [0.1, 0.15) is 11.1 Å². The van der Waals surface area contributed by atoms with E-state index in [1.165, 1.54) is 12.1 Å². The van der Waals surface area contributed by atoms with Crippen molar-refractivity contribution in [2.75, 3.05) is 0 Å². The van der Waals surface area contributed by atoms with Gasteiger partial charge in [0.2, 0.25) is 12.4 Å². The third kappa shape index (κ3) is 4.36. The lowest BCUT2D eigenvalue weighted by atomic mass is 10.0. The Morgan fingerprint density at radius 3 is 1.47 bits per heavy atom. The quantitative estimate of drug-likeness (QED) is 0.150. The Morgan fingerprint density at radius 1 is 0.578 bits per heavy atom. The van der Waals surface area contributed by atoms with Gasteiger partial charge in [0.05, 0.1) is 16.6 Å². The van der Waals surface area contributed by atoms with E-state index in [0.717, 1.165) is 6.07 Å². The molecule has 6 aromatic carbocycles. The predicted octanol–water partition coefficient (Wildman–Crippen LogP) is 7.67. The first-order valence-electron chi connectivity index (χ1n) is 13.4. The molecule has 7 aromatic rings. The zero-order valence-corrected chi connectivity index (χ0v) is 23.0. The van der Waals surface area contributed by atoms with E-state index < -0.39 is 17.6 Å². The van der Waals surface area contributed by atoms with E-state index >= 15 is 0 Å². The summed E-state index contributed by atoms with van der Waals surface area (Å²) in [7, 11) is 0. The first-order chi connectivity index (χ1) is 21.6. The highest BCUT2D eigenvalue weighted by Crippen LogP contribution is 2.35. The zero-order chi connectivity index (χ0) is 31.6. The van der Waals surface area contributed by atoms with Gasteiger partial charge in [-0.25, -0.2) is 18.7 Å². The molecule has 0 fully saturated rings. The minimum absolute atomic E-state index is 0.186. The second-order valence-corrected chi connectivity index (χ2v) is 10.4. The summed E-state index contributed by atoms with van der Waals surface area (Å²) in [5, 5.41) is 21.7. The molecular weight excluding hydrogens is 587 g/mol. The van der Waals surface area contributed by atoms with Crippen molar-refractivity contribution in [2.45, 2.75) is 13.1 Å². The molecule has 1 heterocycles. The summed E-state index contributed by atoms with van der Waals surface area (Å²) in [4.78, 5) is 17.7. The van der Waals surface area contributed by atoms with Crippen LogP contribution in [0.5, 0.6) is 0 Å². The number of benzene rings is 4. The van der Waals surface area contributed by atoms with Crippen LogP contribution in [-0.2, 0) is 6.18 Å².